The Labute approximate surface area is 127 Å². The number of hydrogen-bond donors (Lipinski definition) is 1. The van der Waals surface area contributed by atoms with Crippen LogP contribution in [0.4, 0.5) is 5.69 Å². The summed E-state index contributed by atoms with van der Waals surface area (Å²) in [7, 11) is 3.47. The highest BCUT2D eigenvalue weighted by molar-refractivity contribution is 5.65. The Morgan fingerprint density at radius 2 is 1.57 bits per heavy atom. The summed E-state index contributed by atoms with van der Waals surface area (Å²) in [5.41, 5.74) is 8.61. The molecular formula is C17H26N2O2. The van der Waals surface area contributed by atoms with Crippen LogP contribution in [0.15, 0.2) is 12.1 Å². The highest BCUT2D eigenvalue weighted by atomic mass is 16.5. The van der Waals surface area contributed by atoms with Crippen LogP contribution in [0, 0.1) is 0 Å². The lowest BCUT2D eigenvalue weighted by Crippen LogP contribution is -2.33. The summed E-state index contributed by atoms with van der Waals surface area (Å²) in [6, 6.07) is 4.23. The first-order valence-corrected chi connectivity index (χ1v) is 7.98. The zero-order chi connectivity index (χ0) is 14.9. The van der Waals surface area contributed by atoms with Gasteiger partial charge in [-0.2, -0.15) is 0 Å². The highest BCUT2D eigenvalue weighted by Crippen LogP contribution is 2.45. The third-order valence-electron chi connectivity index (χ3n) is 4.98. The molecule has 1 aliphatic heterocycles. The van der Waals surface area contributed by atoms with Gasteiger partial charge in [0.15, 0.2) is 0 Å². The van der Waals surface area contributed by atoms with Gasteiger partial charge in [-0.15, -0.1) is 0 Å². The molecule has 4 nitrogen and oxygen atoms in total. The van der Waals surface area contributed by atoms with E-state index >= 15 is 0 Å². The molecule has 2 aliphatic rings. The summed E-state index contributed by atoms with van der Waals surface area (Å²) in [4.78, 5) is 2.38. The molecule has 0 unspecified atom stereocenters. The first-order valence-electron chi connectivity index (χ1n) is 7.98. The van der Waals surface area contributed by atoms with E-state index in [9.17, 15) is 0 Å². The molecule has 1 saturated heterocycles. The van der Waals surface area contributed by atoms with Gasteiger partial charge in [-0.25, -0.2) is 0 Å². The molecule has 0 radical (unpaired) electrons. The van der Waals surface area contributed by atoms with Crippen LogP contribution >= 0.6 is 0 Å². The molecule has 1 aromatic rings. The van der Waals surface area contributed by atoms with Crippen LogP contribution in [0.3, 0.4) is 0 Å². The Morgan fingerprint density at radius 1 is 0.952 bits per heavy atom. The largest absolute Gasteiger partial charge is 0.496 e. The molecule has 2 fully saturated rings. The molecule has 0 spiro atoms. The second kappa shape index (κ2) is 5.76. The summed E-state index contributed by atoms with van der Waals surface area (Å²) in [6.45, 7) is 2.18. The number of benzene rings is 1. The van der Waals surface area contributed by atoms with E-state index in [0.29, 0.717) is 0 Å². The molecule has 1 heterocycles. The highest BCUT2D eigenvalue weighted by Gasteiger charge is 2.35. The summed E-state index contributed by atoms with van der Waals surface area (Å²) in [6.07, 6.45) is 6.92. The van der Waals surface area contributed by atoms with Gasteiger partial charge in [-0.05, 0) is 31.7 Å². The van der Waals surface area contributed by atoms with E-state index in [1.807, 2.05) is 0 Å². The Bertz CT molecular complexity index is 504. The molecule has 1 saturated carbocycles. The first kappa shape index (κ1) is 14.5. The van der Waals surface area contributed by atoms with Crippen molar-refractivity contribution in [2.24, 2.45) is 5.73 Å². The molecule has 116 valence electrons. The third kappa shape index (κ3) is 2.57. The van der Waals surface area contributed by atoms with Crippen LogP contribution in [0.2, 0.25) is 0 Å². The Morgan fingerprint density at radius 3 is 2.14 bits per heavy atom. The van der Waals surface area contributed by atoms with Gasteiger partial charge in [0.05, 0.1) is 19.9 Å². The number of methoxy groups -OCH3 is 2. The van der Waals surface area contributed by atoms with E-state index in [0.717, 1.165) is 48.7 Å². The second-order valence-corrected chi connectivity index (χ2v) is 6.28. The normalized spacial score (nSPS) is 20.8. The monoisotopic (exact) mass is 290 g/mol. The summed E-state index contributed by atoms with van der Waals surface area (Å²) >= 11 is 0. The van der Waals surface area contributed by atoms with Gasteiger partial charge in [0.2, 0.25) is 0 Å². The molecule has 3 rings (SSSR count). The fourth-order valence-corrected chi connectivity index (χ4v) is 3.75. The van der Waals surface area contributed by atoms with Gasteiger partial charge < -0.3 is 20.1 Å². The summed E-state index contributed by atoms with van der Waals surface area (Å²) < 4.78 is 11.3. The minimum absolute atomic E-state index is 0.262. The zero-order valence-electron chi connectivity index (χ0n) is 13.2. The standard InChI is InChI=1S/C17H26N2O2/c1-20-15-12-14(19-9-5-6-10-19)16(21-2)11-13(15)17(18)7-3-4-8-17/h11-12H,3-10,18H2,1-2H3. The number of ether oxygens (including phenoxy) is 2. The van der Waals surface area contributed by atoms with Gasteiger partial charge in [0.25, 0.3) is 0 Å². The van der Waals surface area contributed by atoms with Crippen LogP contribution in [-0.4, -0.2) is 27.3 Å². The van der Waals surface area contributed by atoms with Gasteiger partial charge in [-0.3, -0.25) is 0 Å². The minimum atomic E-state index is -0.262. The molecule has 1 aromatic carbocycles. The topological polar surface area (TPSA) is 47.7 Å². The fraction of sp³-hybridized carbons (Fsp3) is 0.647. The molecule has 0 amide bonds. The SMILES string of the molecule is COc1cc(C2(N)CCCC2)c(OC)cc1N1CCCC1. The number of anilines is 1. The van der Waals surface area contributed by atoms with Crippen LogP contribution in [-0.2, 0) is 5.54 Å². The van der Waals surface area contributed by atoms with Gasteiger partial charge in [0, 0.05) is 30.3 Å². The maximum atomic E-state index is 6.63. The predicted molar refractivity (Wildman–Crippen MR) is 85.3 cm³/mol. The summed E-state index contributed by atoms with van der Waals surface area (Å²) in [5, 5.41) is 0. The number of hydrogen-bond acceptors (Lipinski definition) is 4. The lowest BCUT2D eigenvalue weighted by Gasteiger charge is -2.29. The first-order chi connectivity index (χ1) is 10.2. The van der Waals surface area contributed by atoms with Crippen molar-refractivity contribution in [3.05, 3.63) is 17.7 Å². The maximum Gasteiger partial charge on any atom is 0.142 e. The van der Waals surface area contributed by atoms with Gasteiger partial charge in [-0.1, -0.05) is 12.8 Å². The minimum Gasteiger partial charge on any atom is -0.496 e. The van der Waals surface area contributed by atoms with Crippen molar-refractivity contribution < 1.29 is 9.47 Å². The van der Waals surface area contributed by atoms with Crippen molar-refractivity contribution in [3.8, 4) is 11.5 Å². The molecule has 21 heavy (non-hydrogen) atoms. The van der Waals surface area contributed by atoms with Crippen LogP contribution in [0.1, 0.15) is 44.1 Å². The zero-order valence-corrected chi connectivity index (χ0v) is 13.2. The van der Waals surface area contributed by atoms with E-state index in [-0.39, 0.29) is 5.54 Å². The molecule has 4 heteroatoms. The van der Waals surface area contributed by atoms with E-state index < -0.39 is 0 Å². The van der Waals surface area contributed by atoms with Crippen molar-refractivity contribution in [2.75, 3.05) is 32.2 Å². The van der Waals surface area contributed by atoms with E-state index in [2.05, 4.69) is 17.0 Å². The molecule has 0 aromatic heterocycles. The van der Waals surface area contributed by atoms with E-state index in [4.69, 9.17) is 15.2 Å². The average Bonchev–Trinajstić information content (AvgIpc) is 3.18. The molecule has 0 atom stereocenters. The summed E-state index contributed by atoms with van der Waals surface area (Å²) in [5.74, 6) is 1.83. The van der Waals surface area contributed by atoms with Crippen molar-refractivity contribution >= 4 is 5.69 Å². The van der Waals surface area contributed by atoms with Gasteiger partial charge in [0.1, 0.15) is 11.5 Å². The van der Waals surface area contributed by atoms with Crippen molar-refractivity contribution in [1.82, 2.24) is 0 Å². The predicted octanol–water partition coefficient (Wildman–Crippen LogP) is 3.03. The van der Waals surface area contributed by atoms with Crippen LogP contribution in [0.5, 0.6) is 11.5 Å². The smallest absolute Gasteiger partial charge is 0.142 e. The quantitative estimate of drug-likeness (QED) is 0.926. The van der Waals surface area contributed by atoms with Gasteiger partial charge >= 0.3 is 0 Å². The van der Waals surface area contributed by atoms with E-state index in [1.54, 1.807) is 14.2 Å². The second-order valence-electron chi connectivity index (χ2n) is 6.28. The lowest BCUT2D eigenvalue weighted by molar-refractivity contribution is 0.372. The van der Waals surface area contributed by atoms with Crippen LogP contribution in [0.25, 0.3) is 0 Å². The maximum absolute atomic E-state index is 6.63. The third-order valence-corrected chi connectivity index (χ3v) is 4.98. The van der Waals surface area contributed by atoms with E-state index in [1.165, 1.54) is 25.7 Å². The average molecular weight is 290 g/mol. The lowest BCUT2D eigenvalue weighted by atomic mass is 9.88. The molecular weight excluding hydrogens is 264 g/mol. The number of nitrogens with two attached hydrogens (primary N) is 1. The molecule has 2 N–H and O–H groups in total. The number of nitrogens with zero attached hydrogens (tertiary/aromatic N) is 1. The van der Waals surface area contributed by atoms with Crippen LogP contribution < -0.4 is 20.1 Å². The fourth-order valence-electron chi connectivity index (χ4n) is 3.75. The van der Waals surface area contributed by atoms with Crippen molar-refractivity contribution in [2.45, 2.75) is 44.1 Å². The number of rotatable bonds is 4. The Balaban J connectivity index is 2.04. The van der Waals surface area contributed by atoms with Crippen molar-refractivity contribution in [3.63, 3.8) is 0 Å². The Hall–Kier alpha value is -1.42. The Kier molecular flexibility index (Phi) is 3.98. The van der Waals surface area contributed by atoms with Crippen molar-refractivity contribution in [1.29, 1.82) is 0 Å². The molecule has 0 bridgehead atoms. The molecule has 1 aliphatic carbocycles.